The first kappa shape index (κ1) is 18.2. The Bertz CT molecular complexity index is 450. The molecule has 1 fully saturated rings. The molecule has 6 heteroatoms. The fraction of sp³-hybridized carbons (Fsp3) is 0.647. The molecular weight excluding hydrogens is 296 g/mol. The normalized spacial score (nSPS) is 15.7. The van der Waals surface area contributed by atoms with Crippen LogP contribution < -0.4 is 10.1 Å². The molecule has 23 heavy (non-hydrogen) atoms. The number of nitrogens with one attached hydrogen (secondary N) is 1. The molecule has 0 atom stereocenters. The highest BCUT2D eigenvalue weighted by Crippen LogP contribution is 2.22. The van der Waals surface area contributed by atoms with E-state index in [4.69, 9.17) is 19.3 Å². The summed E-state index contributed by atoms with van der Waals surface area (Å²) < 4.78 is 16.1. The minimum absolute atomic E-state index is 0.0728. The predicted molar refractivity (Wildman–Crippen MR) is 88.7 cm³/mol. The zero-order valence-corrected chi connectivity index (χ0v) is 13.9. The maximum Gasteiger partial charge on any atom is 0.123 e. The van der Waals surface area contributed by atoms with E-state index in [2.05, 4.69) is 22.3 Å². The topological polar surface area (TPSA) is 63.2 Å². The molecule has 0 saturated carbocycles. The van der Waals surface area contributed by atoms with Crippen LogP contribution in [0.1, 0.15) is 11.1 Å². The van der Waals surface area contributed by atoms with Crippen molar-refractivity contribution in [2.24, 2.45) is 0 Å². The monoisotopic (exact) mass is 324 g/mol. The fourth-order valence-corrected chi connectivity index (χ4v) is 2.61. The molecule has 1 aliphatic rings. The SMILES string of the molecule is COc1ccc(CNCCOCCO)cc1CN1CCOCC1. The van der Waals surface area contributed by atoms with Crippen LogP contribution in [0.25, 0.3) is 0 Å². The van der Waals surface area contributed by atoms with Crippen LogP contribution in [0, 0.1) is 0 Å². The van der Waals surface area contributed by atoms with E-state index in [0.717, 1.165) is 51.7 Å². The Morgan fingerprint density at radius 1 is 1.26 bits per heavy atom. The van der Waals surface area contributed by atoms with E-state index in [1.165, 1.54) is 11.1 Å². The van der Waals surface area contributed by atoms with Gasteiger partial charge in [0.15, 0.2) is 0 Å². The minimum Gasteiger partial charge on any atom is -0.496 e. The van der Waals surface area contributed by atoms with Gasteiger partial charge < -0.3 is 24.6 Å². The molecule has 130 valence electrons. The zero-order valence-electron chi connectivity index (χ0n) is 13.9. The number of nitrogens with zero attached hydrogens (tertiary/aromatic N) is 1. The molecular formula is C17H28N2O4. The van der Waals surface area contributed by atoms with Gasteiger partial charge in [0.1, 0.15) is 5.75 Å². The van der Waals surface area contributed by atoms with Crippen molar-refractivity contribution in [2.75, 3.05) is 59.8 Å². The lowest BCUT2D eigenvalue weighted by Gasteiger charge is -2.27. The predicted octanol–water partition coefficient (Wildman–Crippen LogP) is 0.626. The first-order chi connectivity index (χ1) is 11.3. The van der Waals surface area contributed by atoms with Gasteiger partial charge in [0, 0.05) is 38.3 Å². The lowest BCUT2D eigenvalue weighted by atomic mass is 10.1. The lowest BCUT2D eigenvalue weighted by molar-refractivity contribution is 0.0339. The molecule has 2 rings (SSSR count). The first-order valence-electron chi connectivity index (χ1n) is 8.18. The Kier molecular flexibility index (Phi) is 8.35. The van der Waals surface area contributed by atoms with Gasteiger partial charge in [0.05, 0.1) is 40.1 Å². The Morgan fingerprint density at radius 2 is 2.09 bits per heavy atom. The maximum atomic E-state index is 8.65. The number of benzene rings is 1. The summed E-state index contributed by atoms with van der Waals surface area (Å²) in [5.74, 6) is 0.937. The molecule has 0 spiro atoms. The third-order valence-electron chi connectivity index (χ3n) is 3.83. The molecule has 6 nitrogen and oxygen atoms in total. The van der Waals surface area contributed by atoms with Gasteiger partial charge in [-0.15, -0.1) is 0 Å². The summed E-state index contributed by atoms with van der Waals surface area (Å²) in [4.78, 5) is 2.39. The molecule has 0 bridgehead atoms. The third kappa shape index (κ3) is 6.45. The van der Waals surface area contributed by atoms with Crippen molar-refractivity contribution < 1.29 is 19.3 Å². The molecule has 0 aliphatic carbocycles. The second-order valence-corrected chi connectivity index (χ2v) is 5.55. The maximum absolute atomic E-state index is 8.65. The van der Waals surface area contributed by atoms with Crippen molar-refractivity contribution in [1.29, 1.82) is 0 Å². The Labute approximate surface area is 138 Å². The number of morpholine rings is 1. The summed E-state index contributed by atoms with van der Waals surface area (Å²) in [5, 5.41) is 12.0. The van der Waals surface area contributed by atoms with Gasteiger partial charge in [-0.25, -0.2) is 0 Å². The van der Waals surface area contributed by atoms with Crippen LogP contribution in [0.2, 0.25) is 0 Å². The molecule has 0 aromatic heterocycles. The average Bonchev–Trinajstić information content (AvgIpc) is 2.59. The smallest absolute Gasteiger partial charge is 0.123 e. The van der Waals surface area contributed by atoms with Gasteiger partial charge in [-0.2, -0.15) is 0 Å². The van der Waals surface area contributed by atoms with E-state index in [1.54, 1.807) is 7.11 Å². The highest BCUT2D eigenvalue weighted by Gasteiger charge is 2.13. The molecule has 1 aromatic rings. The van der Waals surface area contributed by atoms with E-state index in [1.807, 2.05) is 6.07 Å². The van der Waals surface area contributed by atoms with Crippen LogP contribution in [0.15, 0.2) is 18.2 Å². The molecule has 0 unspecified atom stereocenters. The summed E-state index contributed by atoms with van der Waals surface area (Å²) >= 11 is 0. The highest BCUT2D eigenvalue weighted by atomic mass is 16.5. The third-order valence-corrected chi connectivity index (χ3v) is 3.83. The van der Waals surface area contributed by atoms with Crippen molar-refractivity contribution in [3.05, 3.63) is 29.3 Å². The second-order valence-electron chi connectivity index (χ2n) is 5.55. The van der Waals surface area contributed by atoms with Gasteiger partial charge in [0.25, 0.3) is 0 Å². The molecule has 1 heterocycles. The Hall–Kier alpha value is -1.18. The van der Waals surface area contributed by atoms with E-state index >= 15 is 0 Å². The molecule has 1 aliphatic heterocycles. The summed E-state index contributed by atoms with van der Waals surface area (Å²) in [7, 11) is 1.72. The van der Waals surface area contributed by atoms with E-state index in [0.29, 0.717) is 13.2 Å². The number of hydrogen-bond donors (Lipinski definition) is 2. The zero-order chi connectivity index (χ0) is 16.3. The first-order valence-corrected chi connectivity index (χ1v) is 8.18. The van der Waals surface area contributed by atoms with E-state index in [9.17, 15) is 0 Å². The van der Waals surface area contributed by atoms with Crippen LogP contribution in [0.4, 0.5) is 0 Å². The van der Waals surface area contributed by atoms with Gasteiger partial charge in [-0.1, -0.05) is 6.07 Å². The summed E-state index contributed by atoms with van der Waals surface area (Å²) in [5.41, 5.74) is 2.45. The lowest BCUT2D eigenvalue weighted by Crippen LogP contribution is -2.35. The average molecular weight is 324 g/mol. The van der Waals surface area contributed by atoms with Crippen molar-refractivity contribution in [2.45, 2.75) is 13.1 Å². The largest absolute Gasteiger partial charge is 0.496 e. The van der Waals surface area contributed by atoms with Crippen molar-refractivity contribution >= 4 is 0 Å². The Balaban J connectivity index is 1.84. The van der Waals surface area contributed by atoms with Gasteiger partial charge in [-0.05, 0) is 17.7 Å². The van der Waals surface area contributed by atoms with Crippen LogP contribution in [-0.2, 0) is 22.6 Å². The number of aliphatic hydroxyl groups excluding tert-OH is 1. The Morgan fingerprint density at radius 3 is 2.83 bits per heavy atom. The van der Waals surface area contributed by atoms with E-state index < -0.39 is 0 Å². The summed E-state index contributed by atoms with van der Waals surface area (Å²) in [6.45, 7) is 7.07. The highest BCUT2D eigenvalue weighted by molar-refractivity contribution is 5.37. The van der Waals surface area contributed by atoms with Crippen molar-refractivity contribution in [1.82, 2.24) is 10.2 Å². The number of rotatable bonds is 10. The van der Waals surface area contributed by atoms with Crippen LogP contribution >= 0.6 is 0 Å². The molecule has 1 saturated heterocycles. The standard InChI is InChI=1S/C17H28N2O4/c1-21-17-3-2-15(13-18-4-8-22-11-7-20)12-16(17)14-19-5-9-23-10-6-19/h2-3,12,18,20H,4-11,13-14H2,1H3. The molecule has 1 aromatic carbocycles. The summed E-state index contributed by atoms with van der Waals surface area (Å²) in [6.07, 6.45) is 0. The van der Waals surface area contributed by atoms with Crippen molar-refractivity contribution in [3.8, 4) is 5.75 Å². The number of methoxy groups -OCH3 is 1. The van der Waals surface area contributed by atoms with Gasteiger partial charge >= 0.3 is 0 Å². The van der Waals surface area contributed by atoms with E-state index in [-0.39, 0.29) is 6.61 Å². The number of hydrogen-bond acceptors (Lipinski definition) is 6. The van der Waals surface area contributed by atoms with Crippen LogP contribution in [0.3, 0.4) is 0 Å². The number of ether oxygens (including phenoxy) is 3. The fourth-order valence-electron chi connectivity index (χ4n) is 2.61. The number of aliphatic hydroxyl groups is 1. The van der Waals surface area contributed by atoms with Gasteiger partial charge in [-0.3, -0.25) is 4.90 Å². The second kappa shape index (κ2) is 10.6. The van der Waals surface area contributed by atoms with Crippen LogP contribution in [0.5, 0.6) is 5.75 Å². The summed E-state index contributed by atoms with van der Waals surface area (Å²) in [6, 6.07) is 6.33. The molecule has 0 amide bonds. The molecule has 2 N–H and O–H groups in total. The van der Waals surface area contributed by atoms with Crippen molar-refractivity contribution in [3.63, 3.8) is 0 Å². The molecule has 0 radical (unpaired) electrons. The quantitative estimate of drug-likeness (QED) is 0.616. The minimum atomic E-state index is 0.0728. The van der Waals surface area contributed by atoms with Gasteiger partial charge in [0.2, 0.25) is 0 Å². The van der Waals surface area contributed by atoms with Crippen LogP contribution in [-0.4, -0.2) is 69.8 Å².